The van der Waals surface area contributed by atoms with Gasteiger partial charge in [0, 0.05) is 28.9 Å². The summed E-state index contributed by atoms with van der Waals surface area (Å²) in [6, 6.07) is 4.18. The Morgan fingerprint density at radius 2 is 1.69 bits per heavy atom. The highest BCUT2D eigenvalue weighted by Crippen LogP contribution is 2.46. The summed E-state index contributed by atoms with van der Waals surface area (Å²) >= 11 is 0. The van der Waals surface area contributed by atoms with Crippen molar-refractivity contribution in [1.82, 2.24) is 5.32 Å². The van der Waals surface area contributed by atoms with E-state index in [1.807, 2.05) is 0 Å². The van der Waals surface area contributed by atoms with E-state index < -0.39 is 11.9 Å². The number of benzene rings is 1. The Kier molecular flexibility index (Phi) is 6.51. The maximum absolute atomic E-state index is 13.6. The van der Waals surface area contributed by atoms with E-state index in [-0.39, 0.29) is 23.5 Å². The molecule has 0 saturated carbocycles. The zero-order valence-corrected chi connectivity index (χ0v) is 16.7. The van der Waals surface area contributed by atoms with Crippen LogP contribution in [-0.4, -0.2) is 16.3 Å². The zero-order chi connectivity index (χ0) is 19.6. The molecule has 1 aliphatic heterocycles. The average Bonchev–Trinajstić information content (AvgIpc) is 2.54. The van der Waals surface area contributed by atoms with E-state index in [9.17, 15) is 14.6 Å². The molecule has 0 fully saturated rings. The molecule has 0 aromatic heterocycles. The molecule has 1 aromatic rings. The van der Waals surface area contributed by atoms with Gasteiger partial charge in [0.2, 0.25) is 0 Å². The van der Waals surface area contributed by atoms with Gasteiger partial charge in [-0.2, -0.15) is 0 Å². The van der Waals surface area contributed by atoms with E-state index in [0.717, 1.165) is 35.9 Å². The number of dihydropyridines is 1. The highest BCUT2D eigenvalue weighted by Gasteiger charge is 2.35. The molecule has 144 valence electrons. The van der Waals surface area contributed by atoms with E-state index in [4.69, 9.17) is 0 Å². The average molecular weight is 362 g/mol. The van der Waals surface area contributed by atoms with Crippen molar-refractivity contribution < 1.29 is 14.6 Å². The third-order valence-electron chi connectivity index (χ3n) is 5.01. The van der Waals surface area contributed by atoms with Crippen molar-refractivity contribution >= 4 is 0 Å². The second-order valence-electron chi connectivity index (χ2n) is 7.80. The third-order valence-corrected chi connectivity index (χ3v) is 5.01. The molecule has 3 N–H and O–H groups in total. The molecule has 26 heavy (non-hydrogen) atoms. The van der Waals surface area contributed by atoms with Crippen LogP contribution in [-0.2, 0) is 0 Å². The van der Waals surface area contributed by atoms with Crippen LogP contribution in [0.3, 0.4) is 0 Å². The molecule has 0 bridgehead atoms. The third kappa shape index (κ3) is 3.96. The van der Waals surface area contributed by atoms with Crippen LogP contribution in [0.5, 0.6) is 5.75 Å². The van der Waals surface area contributed by atoms with E-state index in [1.54, 1.807) is 13.0 Å². The van der Waals surface area contributed by atoms with Crippen LogP contribution in [0, 0.1) is 17.7 Å². The molecule has 3 nitrogen and oxygen atoms in total. The van der Waals surface area contributed by atoms with Gasteiger partial charge < -0.3 is 15.5 Å². The first-order chi connectivity index (χ1) is 12.2. The van der Waals surface area contributed by atoms with Crippen molar-refractivity contribution in [2.45, 2.75) is 66.4 Å². The topological polar surface area (TPSA) is 52.5 Å². The lowest BCUT2D eigenvalue weighted by molar-refractivity contribution is 0.219. The van der Waals surface area contributed by atoms with Crippen LogP contribution < -0.4 is 5.32 Å². The van der Waals surface area contributed by atoms with Gasteiger partial charge in [0.05, 0.1) is 6.10 Å². The van der Waals surface area contributed by atoms with Crippen LogP contribution >= 0.6 is 0 Å². The van der Waals surface area contributed by atoms with Gasteiger partial charge in [-0.1, -0.05) is 47.1 Å². The molecule has 0 aliphatic carbocycles. The molecular weight excluding hydrogens is 329 g/mol. The Balaban J connectivity index is 2.79. The number of aliphatic hydroxyl groups excluding tert-OH is 1. The number of aliphatic hydroxyl groups is 1. The largest absolute Gasteiger partial charge is 0.508 e. The standard InChI is InChI=1S/C22H32FNO2/c1-7-8-17-20(16-10-9-15(23)11-18(16)26)19(14(6)25)22(13(4)5)24-21(17)12(2)3/h9-14,20,24-26H,7-8H2,1-6H3/t14-,20-/m0/s1. The molecule has 2 rings (SSSR count). The minimum Gasteiger partial charge on any atom is -0.508 e. The number of phenolic OH excluding ortho intramolecular Hbond substituents is 1. The Hall–Kier alpha value is -1.81. The number of hydrogen-bond acceptors (Lipinski definition) is 3. The summed E-state index contributed by atoms with van der Waals surface area (Å²) in [6.45, 7) is 12.4. The monoisotopic (exact) mass is 361 g/mol. The van der Waals surface area contributed by atoms with Crippen LogP contribution in [0.1, 0.15) is 65.9 Å². The van der Waals surface area contributed by atoms with Crippen molar-refractivity contribution in [3.63, 3.8) is 0 Å². The highest BCUT2D eigenvalue weighted by molar-refractivity contribution is 5.52. The summed E-state index contributed by atoms with van der Waals surface area (Å²) in [5.41, 5.74) is 4.84. The second-order valence-corrected chi connectivity index (χ2v) is 7.80. The first-order valence-corrected chi connectivity index (χ1v) is 9.59. The SMILES string of the molecule is CCCC1=C(C(C)C)NC(C(C)C)=C([C@H](C)O)[C@H]1c1ccc(F)cc1O. The maximum Gasteiger partial charge on any atom is 0.126 e. The van der Waals surface area contributed by atoms with Crippen molar-refractivity contribution in [2.75, 3.05) is 0 Å². The molecule has 2 atom stereocenters. The molecule has 1 aromatic carbocycles. The number of rotatable bonds is 6. The fourth-order valence-corrected chi connectivity index (χ4v) is 3.92. The van der Waals surface area contributed by atoms with Crippen molar-refractivity contribution in [3.05, 3.63) is 52.1 Å². The first-order valence-electron chi connectivity index (χ1n) is 9.59. The van der Waals surface area contributed by atoms with E-state index >= 15 is 0 Å². The predicted molar refractivity (Wildman–Crippen MR) is 104 cm³/mol. The van der Waals surface area contributed by atoms with Crippen LogP contribution in [0.15, 0.2) is 40.7 Å². The number of phenols is 1. The fourth-order valence-electron chi connectivity index (χ4n) is 3.92. The normalized spacial score (nSPS) is 19.4. The summed E-state index contributed by atoms with van der Waals surface area (Å²) in [5.74, 6) is -0.286. The van der Waals surface area contributed by atoms with Gasteiger partial charge in [-0.15, -0.1) is 0 Å². The van der Waals surface area contributed by atoms with Gasteiger partial charge in [0.25, 0.3) is 0 Å². The summed E-state index contributed by atoms with van der Waals surface area (Å²) in [7, 11) is 0. The molecule has 0 saturated heterocycles. The molecular formula is C22H32FNO2. The predicted octanol–water partition coefficient (Wildman–Crippen LogP) is 5.22. The molecule has 0 amide bonds. The summed E-state index contributed by atoms with van der Waals surface area (Å²) in [4.78, 5) is 0. The van der Waals surface area contributed by atoms with Gasteiger partial charge in [0.15, 0.2) is 0 Å². The number of allylic oxidation sites excluding steroid dienone is 3. The molecule has 0 radical (unpaired) electrons. The van der Waals surface area contributed by atoms with Crippen molar-refractivity contribution in [2.24, 2.45) is 11.8 Å². The Bertz CT molecular complexity index is 717. The van der Waals surface area contributed by atoms with E-state index in [1.165, 1.54) is 11.6 Å². The number of halogens is 1. The van der Waals surface area contributed by atoms with Crippen LogP contribution in [0.25, 0.3) is 0 Å². The Labute approximate surface area is 156 Å². The maximum atomic E-state index is 13.6. The molecule has 1 heterocycles. The van der Waals surface area contributed by atoms with Crippen LogP contribution in [0.2, 0.25) is 0 Å². The molecule has 4 heteroatoms. The number of aromatic hydroxyl groups is 1. The Morgan fingerprint density at radius 1 is 1.08 bits per heavy atom. The van der Waals surface area contributed by atoms with Gasteiger partial charge in [-0.3, -0.25) is 0 Å². The van der Waals surface area contributed by atoms with E-state index in [2.05, 4.69) is 39.9 Å². The van der Waals surface area contributed by atoms with Gasteiger partial charge in [-0.05, 0) is 42.4 Å². The fraction of sp³-hybridized carbons (Fsp3) is 0.545. The molecule has 0 spiro atoms. The smallest absolute Gasteiger partial charge is 0.126 e. The summed E-state index contributed by atoms with van der Waals surface area (Å²) in [5, 5.41) is 24.7. The lowest BCUT2D eigenvalue weighted by atomic mass is 9.74. The van der Waals surface area contributed by atoms with Crippen LogP contribution in [0.4, 0.5) is 4.39 Å². The van der Waals surface area contributed by atoms with E-state index in [0.29, 0.717) is 5.56 Å². The summed E-state index contributed by atoms with van der Waals surface area (Å²) in [6.07, 6.45) is 1.13. The Morgan fingerprint density at radius 3 is 2.15 bits per heavy atom. The zero-order valence-electron chi connectivity index (χ0n) is 16.7. The minimum atomic E-state index is -0.671. The van der Waals surface area contributed by atoms with Crippen molar-refractivity contribution in [1.29, 1.82) is 0 Å². The highest BCUT2D eigenvalue weighted by atomic mass is 19.1. The minimum absolute atomic E-state index is 0.0603. The van der Waals surface area contributed by atoms with Gasteiger partial charge in [0.1, 0.15) is 11.6 Å². The van der Waals surface area contributed by atoms with Gasteiger partial charge >= 0.3 is 0 Å². The quantitative estimate of drug-likeness (QED) is 0.651. The lowest BCUT2D eigenvalue weighted by Gasteiger charge is -2.39. The first kappa shape index (κ1) is 20.5. The second kappa shape index (κ2) is 8.26. The van der Waals surface area contributed by atoms with Crippen molar-refractivity contribution in [3.8, 4) is 5.75 Å². The number of nitrogens with one attached hydrogen (secondary N) is 1. The summed E-state index contributed by atoms with van der Waals surface area (Å²) < 4.78 is 13.6. The van der Waals surface area contributed by atoms with Gasteiger partial charge in [-0.25, -0.2) is 4.39 Å². The lowest BCUT2D eigenvalue weighted by Crippen LogP contribution is -2.34. The number of hydrogen-bond donors (Lipinski definition) is 3. The molecule has 1 aliphatic rings. The molecule has 0 unspecified atom stereocenters.